The average Bonchev–Trinajstić information content (AvgIpc) is 2.93. The third-order valence-electron chi connectivity index (χ3n) is 3.97. The third kappa shape index (κ3) is 3.12. The van der Waals surface area contributed by atoms with Crippen LogP contribution >= 0.6 is 0 Å². The summed E-state index contributed by atoms with van der Waals surface area (Å²) in [5, 5.41) is 18.9. The molecule has 0 amide bonds. The second kappa shape index (κ2) is 6.49. The Morgan fingerprint density at radius 2 is 1.91 bits per heavy atom. The van der Waals surface area contributed by atoms with E-state index in [0.29, 0.717) is 0 Å². The molecular formula is C16H18N2O5. The van der Waals surface area contributed by atoms with Crippen LogP contribution in [0.15, 0.2) is 52.2 Å². The summed E-state index contributed by atoms with van der Waals surface area (Å²) in [5.41, 5.74) is -0.0606. The van der Waals surface area contributed by atoms with Gasteiger partial charge in [0.25, 0.3) is 5.56 Å². The molecule has 1 fully saturated rings. The molecule has 2 heterocycles. The van der Waals surface area contributed by atoms with Crippen molar-refractivity contribution in [3.05, 3.63) is 69.0 Å². The molecule has 1 aromatic carbocycles. The van der Waals surface area contributed by atoms with Gasteiger partial charge >= 0.3 is 5.69 Å². The van der Waals surface area contributed by atoms with Crippen molar-refractivity contribution in [1.29, 1.82) is 0 Å². The molecule has 3 rings (SSSR count). The SMILES string of the molecule is O=c1ccn([C@H]2C[C@H](O)[C@@H](CO)O2)c(=O)n1Cc1ccccc1. The Balaban J connectivity index is 1.94. The fourth-order valence-electron chi connectivity index (χ4n) is 2.71. The van der Waals surface area contributed by atoms with E-state index < -0.39 is 29.7 Å². The quantitative estimate of drug-likeness (QED) is 0.807. The van der Waals surface area contributed by atoms with Crippen LogP contribution in [0, 0.1) is 0 Å². The Bertz CT molecular complexity index is 783. The summed E-state index contributed by atoms with van der Waals surface area (Å²) in [4.78, 5) is 24.6. The van der Waals surface area contributed by atoms with E-state index in [0.717, 1.165) is 10.1 Å². The minimum atomic E-state index is -0.841. The lowest BCUT2D eigenvalue weighted by molar-refractivity contribution is -0.0463. The van der Waals surface area contributed by atoms with Crippen LogP contribution < -0.4 is 11.2 Å². The van der Waals surface area contributed by atoms with Gasteiger partial charge in [-0.25, -0.2) is 4.79 Å². The van der Waals surface area contributed by atoms with E-state index in [9.17, 15) is 14.7 Å². The predicted molar refractivity (Wildman–Crippen MR) is 82.1 cm³/mol. The van der Waals surface area contributed by atoms with Crippen LogP contribution in [0.3, 0.4) is 0 Å². The van der Waals surface area contributed by atoms with Gasteiger partial charge in [0.05, 0.1) is 19.3 Å². The van der Waals surface area contributed by atoms with Gasteiger partial charge in [-0.1, -0.05) is 30.3 Å². The molecule has 0 radical (unpaired) electrons. The van der Waals surface area contributed by atoms with Gasteiger partial charge in [-0.15, -0.1) is 0 Å². The molecule has 0 saturated carbocycles. The first kappa shape index (κ1) is 15.7. The molecule has 1 saturated heterocycles. The largest absolute Gasteiger partial charge is 0.394 e. The van der Waals surface area contributed by atoms with Crippen molar-refractivity contribution in [2.24, 2.45) is 0 Å². The highest BCUT2D eigenvalue weighted by Gasteiger charge is 2.35. The summed E-state index contributed by atoms with van der Waals surface area (Å²) in [6, 6.07) is 10.5. The molecule has 1 aliphatic rings. The molecule has 1 aromatic heterocycles. The summed E-state index contributed by atoms with van der Waals surface area (Å²) >= 11 is 0. The molecule has 2 aromatic rings. The highest BCUT2D eigenvalue weighted by atomic mass is 16.5. The summed E-state index contributed by atoms with van der Waals surface area (Å²) in [7, 11) is 0. The van der Waals surface area contributed by atoms with E-state index >= 15 is 0 Å². The van der Waals surface area contributed by atoms with Crippen molar-refractivity contribution in [2.45, 2.75) is 31.4 Å². The van der Waals surface area contributed by atoms with Gasteiger partial charge in [-0.3, -0.25) is 13.9 Å². The number of nitrogens with zero attached hydrogens (tertiary/aromatic N) is 2. The van der Waals surface area contributed by atoms with Gasteiger partial charge in [-0.05, 0) is 5.56 Å². The maximum Gasteiger partial charge on any atom is 0.333 e. The second-order valence-corrected chi connectivity index (χ2v) is 5.53. The van der Waals surface area contributed by atoms with E-state index in [1.165, 1.54) is 16.8 Å². The van der Waals surface area contributed by atoms with Crippen LogP contribution in [0.25, 0.3) is 0 Å². The lowest BCUT2D eigenvalue weighted by Crippen LogP contribution is -2.40. The fourth-order valence-corrected chi connectivity index (χ4v) is 2.71. The van der Waals surface area contributed by atoms with Gasteiger partial charge in [0.15, 0.2) is 0 Å². The van der Waals surface area contributed by atoms with E-state index in [2.05, 4.69) is 0 Å². The minimum Gasteiger partial charge on any atom is -0.394 e. The summed E-state index contributed by atoms with van der Waals surface area (Å²) in [6.07, 6.45) is -0.706. The van der Waals surface area contributed by atoms with Crippen molar-refractivity contribution in [3.8, 4) is 0 Å². The smallest absolute Gasteiger partial charge is 0.333 e. The van der Waals surface area contributed by atoms with Crippen molar-refractivity contribution in [3.63, 3.8) is 0 Å². The highest BCUT2D eigenvalue weighted by molar-refractivity contribution is 5.15. The maximum absolute atomic E-state index is 12.6. The number of aromatic nitrogens is 2. The Morgan fingerprint density at radius 3 is 2.57 bits per heavy atom. The van der Waals surface area contributed by atoms with Gasteiger partial charge in [0.1, 0.15) is 12.3 Å². The zero-order valence-electron chi connectivity index (χ0n) is 12.4. The molecule has 0 spiro atoms. The van der Waals surface area contributed by atoms with Crippen LogP contribution in [0.5, 0.6) is 0 Å². The number of aliphatic hydroxyl groups is 2. The monoisotopic (exact) mass is 318 g/mol. The van der Waals surface area contributed by atoms with Crippen LogP contribution in [0.2, 0.25) is 0 Å². The Hall–Kier alpha value is -2.22. The lowest BCUT2D eigenvalue weighted by Gasteiger charge is -2.16. The van der Waals surface area contributed by atoms with E-state index in [4.69, 9.17) is 9.84 Å². The molecule has 0 bridgehead atoms. The molecule has 122 valence electrons. The molecule has 7 nitrogen and oxygen atoms in total. The maximum atomic E-state index is 12.6. The number of benzene rings is 1. The first-order chi connectivity index (χ1) is 11.1. The van der Waals surface area contributed by atoms with Crippen molar-refractivity contribution in [1.82, 2.24) is 9.13 Å². The molecule has 0 aliphatic carbocycles. The van der Waals surface area contributed by atoms with Crippen LogP contribution in [0.1, 0.15) is 18.2 Å². The van der Waals surface area contributed by atoms with E-state index in [1.807, 2.05) is 30.3 Å². The van der Waals surface area contributed by atoms with Crippen LogP contribution in [0.4, 0.5) is 0 Å². The predicted octanol–water partition coefficient (Wildman–Crippen LogP) is -0.301. The van der Waals surface area contributed by atoms with Crippen molar-refractivity contribution < 1.29 is 14.9 Å². The summed E-state index contributed by atoms with van der Waals surface area (Å²) in [5.74, 6) is 0. The number of rotatable bonds is 4. The molecule has 1 aliphatic heterocycles. The van der Waals surface area contributed by atoms with E-state index in [-0.39, 0.29) is 19.6 Å². The highest BCUT2D eigenvalue weighted by Crippen LogP contribution is 2.26. The fraction of sp³-hybridized carbons (Fsp3) is 0.375. The van der Waals surface area contributed by atoms with Gasteiger partial charge in [0, 0.05) is 18.7 Å². The summed E-state index contributed by atoms with van der Waals surface area (Å²) < 4.78 is 7.89. The molecule has 2 N–H and O–H groups in total. The van der Waals surface area contributed by atoms with Crippen molar-refractivity contribution >= 4 is 0 Å². The van der Waals surface area contributed by atoms with Gasteiger partial charge < -0.3 is 14.9 Å². The standard InChI is InChI=1S/C16H18N2O5/c19-10-13-12(20)8-15(23-13)17-7-6-14(21)18(16(17)22)9-11-4-2-1-3-5-11/h1-7,12-13,15,19-20H,8-10H2/t12-,13+,15+/m0/s1. The Labute approximate surface area is 132 Å². The zero-order chi connectivity index (χ0) is 16.4. The molecule has 0 unspecified atom stereocenters. The van der Waals surface area contributed by atoms with Gasteiger partial charge in [-0.2, -0.15) is 0 Å². The number of ether oxygens (including phenoxy) is 1. The lowest BCUT2D eigenvalue weighted by atomic mass is 10.2. The molecule has 7 heteroatoms. The van der Waals surface area contributed by atoms with Gasteiger partial charge in [0.2, 0.25) is 0 Å². The van der Waals surface area contributed by atoms with Crippen molar-refractivity contribution in [2.75, 3.05) is 6.61 Å². The average molecular weight is 318 g/mol. The molecule has 23 heavy (non-hydrogen) atoms. The Kier molecular flexibility index (Phi) is 4.42. The topological polar surface area (TPSA) is 93.7 Å². The second-order valence-electron chi connectivity index (χ2n) is 5.53. The zero-order valence-corrected chi connectivity index (χ0v) is 12.4. The third-order valence-corrected chi connectivity index (χ3v) is 3.97. The van der Waals surface area contributed by atoms with Crippen LogP contribution in [-0.4, -0.2) is 38.2 Å². The number of hydrogen-bond donors (Lipinski definition) is 2. The van der Waals surface area contributed by atoms with E-state index in [1.54, 1.807) is 0 Å². The first-order valence-corrected chi connectivity index (χ1v) is 7.40. The Morgan fingerprint density at radius 1 is 1.17 bits per heavy atom. The minimum absolute atomic E-state index is 0.165. The first-order valence-electron chi connectivity index (χ1n) is 7.40. The molecular weight excluding hydrogens is 300 g/mol. The molecule has 3 atom stereocenters. The number of aliphatic hydroxyl groups excluding tert-OH is 2. The summed E-state index contributed by atoms with van der Waals surface area (Å²) in [6.45, 7) is -0.159. The number of hydrogen-bond acceptors (Lipinski definition) is 5. The normalized spacial score (nSPS) is 24.0. The van der Waals surface area contributed by atoms with Crippen LogP contribution in [-0.2, 0) is 11.3 Å².